The highest BCUT2D eigenvalue weighted by Crippen LogP contribution is 2.43. The molecule has 1 N–H and O–H groups in total. The lowest BCUT2D eigenvalue weighted by Gasteiger charge is -2.47. The van der Waals surface area contributed by atoms with Crippen molar-refractivity contribution in [2.45, 2.75) is 18.6 Å². The SMILES string of the molecule is COC[C@H]1[C@@H](NC(=O)c2cccc3ncccc23)[C@H]2CCO[C@H]21. The number of rotatable bonds is 4. The molecule has 0 spiro atoms. The third-order valence-corrected chi connectivity index (χ3v) is 5.08. The number of benzene rings is 1. The highest BCUT2D eigenvalue weighted by molar-refractivity contribution is 6.06. The molecule has 23 heavy (non-hydrogen) atoms. The second kappa shape index (κ2) is 5.91. The Morgan fingerprint density at radius 1 is 1.39 bits per heavy atom. The van der Waals surface area contributed by atoms with Gasteiger partial charge in [0.1, 0.15) is 0 Å². The van der Waals surface area contributed by atoms with Crippen molar-refractivity contribution in [1.82, 2.24) is 10.3 Å². The molecule has 1 aromatic heterocycles. The number of carbonyl (C=O) groups excluding carboxylic acids is 1. The van der Waals surface area contributed by atoms with Gasteiger partial charge < -0.3 is 14.8 Å². The van der Waals surface area contributed by atoms with Crippen LogP contribution in [0, 0.1) is 11.8 Å². The molecule has 1 saturated carbocycles. The van der Waals surface area contributed by atoms with Crippen LogP contribution in [0.2, 0.25) is 0 Å². The molecule has 2 heterocycles. The molecule has 4 atom stereocenters. The van der Waals surface area contributed by atoms with Crippen molar-refractivity contribution >= 4 is 16.8 Å². The van der Waals surface area contributed by atoms with E-state index in [4.69, 9.17) is 9.47 Å². The van der Waals surface area contributed by atoms with Gasteiger partial charge in [-0.2, -0.15) is 0 Å². The molecule has 2 aromatic rings. The van der Waals surface area contributed by atoms with E-state index in [0.29, 0.717) is 18.1 Å². The van der Waals surface area contributed by atoms with E-state index >= 15 is 0 Å². The fraction of sp³-hybridized carbons (Fsp3) is 0.444. The number of hydrogen-bond acceptors (Lipinski definition) is 4. The number of nitrogens with zero attached hydrogens (tertiary/aromatic N) is 1. The molecule has 0 bridgehead atoms. The number of amides is 1. The summed E-state index contributed by atoms with van der Waals surface area (Å²) in [7, 11) is 1.69. The summed E-state index contributed by atoms with van der Waals surface area (Å²) in [6.07, 6.45) is 2.98. The van der Waals surface area contributed by atoms with E-state index in [1.54, 1.807) is 13.3 Å². The summed E-state index contributed by atoms with van der Waals surface area (Å²) in [6.45, 7) is 1.39. The van der Waals surface area contributed by atoms with Crippen molar-refractivity contribution in [3.05, 3.63) is 42.1 Å². The van der Waals surface area contributed by atoms with Gasteiger partial charge >= 0.3 is 0 Å². The Labute approximate surface area is 135 Å². The average molecular weight is 312 g/mol. The second-order valence-electron chi connectivity index (χ2n) is 6.28. The first-order chi connectivity index (χ1) is 11.3. The van der Waals surface area contributed by atoms with Crippen molar-refractivity contribution in [3.63, 3.8) is 0 Å². The number of hydrogen-bond donors (Lipinski definition) is 1. The lowest BCUT2D eigenvalue weighted by atomic mass is 9.67. The van der Waals surface area contributed by atoms with Gasteiger partial charge in [0, 0.05) is 48.7 Å². The maximum absolute atomic E-state index is 12.8. The van der Waals surface area contributed by atoms with Crippen LogP contribution in [-0.4, -0.2) is 43.4 Å². The van der Waals surface area contributed by atoms with E-state index in [9.17, 15) is 4.79 Å². The summed E-state index contributed by atoms with van der Waals surface area (Å²) < 4.78 is 11.1. The van der Waals surface area contributed by atoms with E-state index in [-0.39, 0.29) is 24.0 Å². The van der Waals surface area contributed by atoms with Gasteiger partial charge in [0.15, 0.2) is 0 Å². The summed E-state index contributed by atoms with van der Waals surface area (Å²) in [6, 6.07) is 9.57. The largest absolute Gasteiger partial charge is 0.384 e. The standard InChI is InChI=1S/C18H20N2O3/c1-22-10-14-16(13-7-9-23-17(13)14)20-18(21)12-4-2-6-15-11(12)5-3-8-19-15/h2-6,8,13-14,16-17H,7,9-10H2,1H3,(H,20,21)/t13-,14+,16+,17-/m1/s1. The molecule has 1 aliphatic heterocycles. The number of ether oxygens (including phenoxy) is 2. The molecule has 120 valence electrons. The van der Waals surface area contributed by atoms with Crippen LogP contribution in [0.3, 0.4) is 0 Å². The molecule has 5 heteroatoms. The smallest absolute Gasteiger partial charge is 0.252 e. The Kier molecular flexibility index (Phi) is 3.75. The minimum Gasteiger partial charge on any atom is -0.384 e. The highest BCUT2D eigenvalue weighted by Gasteiger charge is 2.54. The number of fused-ring (bicyclic) bond motifs is 2. The van der Waals surface area contributed by atoms with Crippen LogP contribution in [-0.2, 0) is 9.47 Å². The predicted octanol–water partition coefficient (Wildman–Crippen LogP) is 2.01. The third-order valence-electron chi connectivity index (χ3n) is 5.08. The zero-order valence-electron chi connectivity index (χ0n) is 13.1. The first-order valence-corrected chi connectivity index (χ1v) is 8.05. The molecule has 1 saturated heterocycles. The van der Waals surface area contributed by atoms with Crippen LogP contribution in [0.1, 0.15) is 16.8 Å². The molecular formula is C18H20N2O3. The van der Waals surface area contributed by atoms with Crippen LogP contribution < -0.4 is 5.32 Å². The fourth-order valence-electron chi connectivity index (χ4n) is 3.96. The number of aromatic nitrogens is 1. The van der Waals surface area contributed by atoms with Gasteiger partial charge in [-0.1, -0.05) is 12.1 Å². The summed E-state index contributed by atoms with van der Waals surface area (Å²) >= 11 is 0. The summed E-state index contributed by atoms with van der Waals surface area (Å²) in [5.41, 5.74) is 1.51. The van der Waals surface area contributed by atoms with E-state index < -0.39 is 0 Å². The zero-order valence-corrected chi connectivity index (χ0v) is 13.1. The highest BCUT2D eigenvalue weighted by atomic mass is 16.5. The molecular weight excluding hydrogens is 292 g/mol. The van der Waals surface area contributed by atoms with Crippen LogP contribution in [0.25, 0.3) is 10.9 Å². The third kappa shape index (κ3) is 2.40. The van der Waals surface area contributed by atoms with Crippen LogP contribution in [0.4, 0.5) is 0 Å². The maximum atomic E-state index is 12.8. The Balaban J connectivity index is 1.57. The van der Waals surface area contributed by atoms with Crippen molar-refractivity contribution in [1.29, 1.82) is 0 Å². The minimum atomic E-state index is -0.0416. The fourth-order valence-corrected chi connectivity index (χ4v) is 3.96. The van der Waals surface area contributed by atoms with Crippen LogP contribution in [0.5, 0.6) is 0 Å². The van der Waals surface area contributed by atoms with Crippen LogP contribution >= 0.6 is 0 Å². The van der Waals surface area contributed by atoms with Crippen molar-refractivity contribution in [2.24, 2.45) is 11.8 Å². The number of pyridine rings is 1. The van der Waals surface area contributed by atoms with E-state index in [0.717, 1.165) is 23.9 Å². The van der Waals surface area contributed by atoms with Crippen molar-refractivity contribution in [2.75, 3.05) is 20.3 Å². The molecule has 1 aromatic carbocycles. The normalized spacial score (nSPS) is 29.1. The lowest BCUT2D eigenvalue weighted by Crippen LogP contribution is -2.62. The zero-order chi connectivity index (χ0) is 15.8. The summed E-state index contributed by atoms with van der Waals surface area (Å²) in [5, 5.41) is 4.09. The summed E-state index contributed by atoms with van der Waals surface area (Å²) in [4.78, 5) is 17.1. The second-order valence-corrected chi connectivity index (χ2v) is 6.28. The number of carbonyl (C=O) groups is 1. The molecule has 1 aliphatic carbocycles. The van der Waals surface area contributed by atoms with Crippen molar-refractivity contribution < 1.29 is 14.3 Å². The predicted molar refractivity (Wildman–Crippen MR) is 86.2 cm³/mol. The maximum Gasteiger partial charge on any atom is 0.252 e. The lowest BCUT2D eigenvalue weighted by molar-refractivity contribution is -0.0809. The topological polar surface area (TPSA) is 60.5 Å². The van der Waals surface area contributed by atoms with Gasteiger partial charge in [-0.25, -0.2) is 0 Å². The number of nitrogens with one attached hydrogen (secondary N) is 1. The summed E-state index contributed by atoms with van der Waals surface area (Å²) in [5.74, 6) is 0.608. The Morgan fingerprint density at radius 3 is 3.17 bits per heavy atom. The van der Waals surface area contributed by atoms with E-state index in [1.807, 2.05) is 30.3 Å². The Hall–Kier alpha value is -1.98. The molecule has 1 amide bonds. The van der Waals surface area contributed by atoms with Crippen molar-refractivity contribution in [3.8, 4) is 0 Å². The molecule has 0 radical (unpaired) electrons. The van der Waals surface area contributed by atoms with Gasteiger partial charge in [-0.05, 0) is 24.6 Å². The molecule has 2 fully saturated rings. The monoisotopic (exact) mass is 312 g/mol. The molecule has 4 rings (SSSR count). The molecule has 0 unspecified atom stereocenters. The van der Waals surface area contributed by atoms with Gasteiger partial charge in [0.2, 0.25) is 0 Å². The molecule has 2 aliphatic rings. The first-order valence-electron chi connectivity index (χ1n) is 8.05. The minimum absolute atomic E-state index is 0.0416. The first kappa shape index (κ1) is 14.6. The van der Waals surface area contributed by atoms with Gasteiger partial charge in [0.25, 0.3) is 5.91 Å². The van der Waals surface area contributed by atoms with E-state index in [1.165, 1.54) is 0 Å². The average Bonchev–Trinajstić information content (AvgIpc) is 3.01. The molecule has 5 nitrogen and oxygen atoms in total. The Morgan fingerprint density at radius 2 is 2.30 bits per heavy atom. The van der Waals surface area contributed by atoms with Gasteiger partial charge in [0.05, 0.1) is 18.2 Å². The van der Waals surface area contributed by atoms with Crippen LogP contribution in [0.15, 0.2) is 36.5 Å². The van der Waals surface area contributed by atoms with E-state index in [2.05, 4.69) is 10.3 Å². The van der Waals surface area contributed by atoms with Gasteiger partial charge in [-0.15, -0.1) is 0 Å². The van der Waals surface area contributed by atoms with Gasteiger partial charge in [-0.3, -0.25) is 9.78 Å². The Bertz CT molecular complexity index is 728. The number of methoxy groups -OCH3 is 1. The quantitative estimate of drug-likeness (QED) is 0.938.